The number of carbonyl (C=O) groups is 1. The van der Waals surface area contributed by atoms with E-state index in [4.69, 9.17) is 21.1 Å². The maximum atomic E-state index is 12.0. The summed E-state index contributed by atoms with van der Waals surface area (Å²) in [5, 5.41) is 0.596. The molecule has 92 valence electrons. The summed E-state index contributed by atoms with van der Waals surface area (Å²) < 4.78 is 10.4. The standard InChI is InChI=1S/C12H14ClNO3/c1-16-6-4-12(15)14-5-7-17-11-3-2-9(13)8-10(11)14/h2-3,8H,4-7H2,1H3. The molecule has 1 heterocycles. The minimum Gasteiger partial charge on any atom is -0.490 e. The van der Waals surface area contributed by atoms with Gasteiger partial charge in [-0.1, -0.05) is 11.6 Å². The summed E-state index contributed by atoms with van der Waals surface area (Å²) in [5.41, 5.74) is 0.741. The Kier molecular flexibility index (Phi) is 3.86. The van der Waals surface area contributed by atoms with Gasteiger partial charge in [0.2, 0.25) is 5.91 Å². The third kappa shape index (κ3) is 2.70. The third-order valence-electron chi connectivity index (χ3n) is 2.61. The molecule has 5 heteroatoms. The normalized spacial score (nSPS) is 14.1. The van der Waals surface area contributed by atoms with Crippen LogP contribution in [-0.2, 0) is 9.53 Å². The second kappa shape index (κ2) is 5.38. The molecule has 0 unspecified atom stereocenters. The van der Waals surface area contributed by atoms with Crippen LogP contribution < -0.4 is 9.64 Å². The summed E-state index contributed by atoms with van der Waals surface area (Å²) >= 11 is 5.93. The number of ether oxygens (including phenoxy) is 2. The lowest BCUT2D eigenvalue weighted by Crippen LogP contribution is -2.38. The first-order chi connectivity index (χ1) is 8.22. The molecule has 1 amide bonds. The highest BCUT2D eigenvalue weighted by molar-refractivity contribution is 6.31. The lowest BCUT2D eigenvalue weighted by molar-refractivity contribution is -0.119. The third-order valence-corrected chi connectivity index (χ3v) is 2.84. The molecular weight excluding hydrogens is 242 g/mol. The van der Waals surface area contributed by atoms with Gasteiger partial charge in [0, 0.05) is 12.1 Å². The number of benzene rings is 1. The number of amides is 1. The van der Waals surface area contributed by atoms with E-state index in [9.17, 15) is 4.79 Å². The van der Waals surface area contributed by atoms with E-state index in [1.165, 1.54) is 0 Å². The molecule has 0 N–H and O–H groups in total. The number of rotatable bonds is 3. The molecule has 0 saturated heterocycles. The van der Waals surface area contributed by atoms with Gasteiger partial charge in [-0.25, -0.2) is 0 Å². The van der Waals surface area contributed by atoms with Crippen LogP contribution in [0.4, 0.5) is 5.69 Å². The van der Waals surface area contributed by atoms with Gasteiger partial charge in [-0.05, 0) is 18.2 Å². The summed E-state index contributed by atoms with van der Waals surface area (Å²) in [6.07, 6.45) is 0.364. The topological polar surface area (TPSA) is 38.8 Å². The smallest absolute Gasteiger partial charge is 0.229 e. The molecule has 1 aliphatic heterocycles. The van der Waals surface area contributed by atoms with Crippen LogP contribution in [0.5, 0.6) is 5.75 Å². The Morgan fingerprint density at radius 3 is 3.18 bits per heavy atom. The van der Waals surface area contributed by atoms with Crippen molar-refractivity contribution >= 4 is 23.2 Å². The maximum absolute atomic E-state index is 12.0. The Bertz CT molecular complexity index is 422. The van der Waals surface area contributed by atoms with E-state index in [0.29, 0.717) is 37.0 Å². The van der Waals surface area contributed by atoms with E-state index in [1.54, 1.807) is 30.2 Å². The van der Waals surface area contributed by atoms with Crippen molar-refractivity contribution in [1.29, 1.82) is 0 Å². The van der Waals surface area contributed by atoms with Crippen molar-refractivity contribution in [3.63, 3.8) is 0 Å². The van der Waals surface area contributed by atoms with Crippen molar-refractivity contribution in [2.75, 3.05) is 31.8 Å². The van der Waals surface area contributed by atoms with Crippen LogP contribution in [0.2, 0.25) is 5.02 Å². The maximum Gasteiger partial charge on any atom is 0.229 e. The number of nitrogens with zero attached hydrogens (tertiary/aromatic N) is 1. The first-order valence-electron chi connectivity index (χ1n) is 5.44. The van der Waals surface area contributed by atoms with Gasteiger partial charge in [0.1, 0.15) is 12.4 Å². The van der Waals surface area contributed by atoms with Gasteiger partial charge < -0.3 is 14.4 Å². The van der Waals surface area contributed by atoms with Crippen LogP contribution in [0.1, 0.15) is 6.42 Å². The molecule has 0 radical (unpaired) electrons. The summed E-state index contributed by atoms with van der Waals surface area (Å²) in [7, 11) is 1.58. The fraction of sp³-hybridized carbons (Fsp3) is 0.417. The van der Waals surface area contributed by atoms with Crippen LogP contribution in [-0.4, -0.2) is 32.8 Å². The number of methoxy groups -OCH3 is 1. The molecule has 0 atom stereocenters. The number of carbonyl (C=O) groups excluding carboxylic acids is 1. The molecule has 1 aromatic rings. The lowest BCUT2D eigenvalue weighted by atomic mass is 10.2. The first kappa shape index (κ1) is 12.2. The molecular formula is C12H14ClNO3. The lowest BCUT2D eigenvalue weighted by Gasteiger charge is -2.29. The molecule has 0 fully saturated rings. The molecule has 0 saturated carbocycles. The van der Waals surface area contributed by atoms with Gasteiger partial charge in [-0.15, -0.1) is 0 Å². The molecule has 4 nitrogen and oxygen atoms in total. The van der Waals surface area contributed by atoms with Crippen LogP contribution in [0.3, 0.4) is 0 Å². The Hall–Kier alpha value is -1.26. The highest BCUT2D eigenvalue weighted by Crippen LogP contribution is 2.34. The summed E-state index contributed by atoms with van der Waals surface area (Å²) in [4.78, 5) is 13.7. The number of anilines is 1. The number of halogens is 1. The fourth-order valence-corrected chi connectivity index (χ4v) is 1.94. The zero-order chi connectivity index (χ0) is 12.3. The molecule has 0 aliphatic carbocycles. The van der Waals surface area contributed by atoms with Crippen molar-refractivity contribution < 1.29 is 14.3 Å². The largest absolute Gasteiger partial charge is 0.490 e. The quantitative estimate of drug-likeness (QED) is 0.830. The second-order valence-electron chi connectivity index (χ2n) is 3.75. The molecule has 0 spiro atoms. The number of fused-ring (bicyclic) bond motifs is 1. The van der Waals surface area contributed by atoms with E-state index in [2.05, 4.69) is 0 Å². The average Bonchev–Trinajstić information content (AvgIpc) is 2.35. The molecule has 1 aromatic carbocycles. The van der Waals surface area contributed by atoms with Crippen molar-refractivity contribution in [3.8, 4) is 5.75 Å². The zero-order valence-corrected chi connectivity index (χ0v) is 10.4. The van der Waals surface area contributed by atoms with Crippen LogP contribution in [0.15, 0.2) is 18.2 Å². The summed E-state index contributed by atoms with van der Waals surface area (Å²) in [5.74, 6) is 0.727. The highest BCUT2D eigenvalue weighted by atomic mass is 35.5. The van der Waals surface area contributed by atoms with Crippen molar-refractivity contribution in [2.24, 2.45) is 0 Å². The van der Waals surface area contributed by atoms with E-state index in [-0.39, 0.29) is 5.91 Å². The predicted octanol–water partition coefficient (Wildman–Crippen LogP) is 2.10. The van der Waals surface area contributed by atoms with Crippen molar-refractivity contribution in [2.45, 2.75) is 6.42 Å². The Morgan fingerprint density at radius 2 is 2.41 bits per heavy atom. The van der Waals surface area contributed by atoms with E-state index in [1.807, 2.05) is 0 Å². The molecule has 17 heavy (non-hydrogen) atoms. The minimum atomic E-state index is 0.0265. The van der Waals surface area contributed by atoms with E-state index < -0.39 is 0 Å². The zero-order valence-electron chi connectivity index (χ0n) is 9.61. The monoisotopic (exact) mass is 255 g/mol. The van der Waals surface area contributed by atoms with Gasteiger partial charge >= 0.3 is 0 Å². The average molecular weight is 256 g/mol. The molecule has 1 aliphatic rings. The van der Waals surface area contributed by atoms with Crippen LogP contribution in [0, 0.1) is 0 Å². The van der Waals surface area contributed by atoms with Gasteiger partial charge in [-0.2, -0.15) is 0 Å². The van der Waals surface area contributed by atoms with E-state index >= 15 is 0 Å². The second-order valence-corrected chi connectivity index (χ2v) is 4.19. The van der Waals surface area contributed by atoms with Gasteiger partial charge in [0.05, 0.1) is 25.3 Å². The van der Waals surface area contributed by atoms with Crippen LogP contribution in [0.25, 0.3) is 0 Å². The van der Waals surface area contributed by atoms with Gasteiger partial charge in [0.15, 0.2) is 0 Å². The number of hydrogen-bond donors (Lipinski definition) is 0. The van der Waals surface area contributed by atoms with Crippen LogP contribution >= 0.6 is 11.6 Å². The SMILES string of the molecule is COCCC(=O)N1CCOc2ccc(Cl)cc21. The van der Waals surface area contributed by atoms with Gasteiger partial charge in [-0.3, -0.25) is 4.79 Å². The highest BCUT2D eigenvalue weighted by Gasteiger charge is 2.23. The summed E-state index contributed by atoms with van der Waals surface area (Å²) in [6.45, 7) is 1.48. The molecule has 0 bridgehead atoms. The van der Waals surface area contributed by atoms with Crippen molar-refractivity contribution in [1.82, 2.24) is 0 Å². The molecule has 0 aromatic heterocycles. The van der Waals surface area contributed by atoms with Gasteiger partial charge in [0.25, 0.3) is 0 Å². The Balaban J connectivity index is 2.21. The molecule has 2 rings (SSSR count). The van der Waals surface area contributed by atoms with Crippen molar-refractivity contribution in [3.05, 3.63) is 23.2 Å². The minimum absolute atomic E-state index is 0.0265. The predicted molar refractivity (Wildman–Crippen MR) is 65.8 cm³/mol. The summed E-state index contributed by atoms with van der Waals surface area (Å²) in [6, 6.07) is 5.29. The fourth-order valence-electron chi connectivity index (χ4n) is 1.77. The Morgan fingerprint density at radius 1 is 1.59 bits per heavy atom. The Labute approximate surface area is 105 Å². The van der Waals surface area contributed by atoms with E-state index in [0.717, 1.165) is 5.69 Å². The number of hydrogen-bond acceptors (Lipinski definition) is 3. The first-order valence-corrected chi connectivity index (χ1v) is 5.82.